The van der Waals surface area contributed by atoms with Gasteiger partial charge in [0.25, 0.3) is 0 Å². The molecule has 0 saturated carbocycles. The number of nitrogens with two attached hydrogens (primary N) is 1. The van der Waals surface area contributed by atoms with Gasteiger partial charge in [-0.25, -0.2) is 0 Å². The monoisotopic (exact) mass is 310 g/mol. The maximum Gasteiger partial charge on any atom is 0.0777 e. The molecule has 3 rings (SSSR count). The molecular formula is C13H19BrN4. The van der Waals surface area contributed by atoms with Crippen molar-refractivity contribution in [3.05, 3.63) is 16.9 Å². The van der Waals surface area contributed by atoms with Crippen LogP contribution in [-0.4, -0.2) is 42.1 Å². The van der Waals surface area contributed by atoms with E-state index >= 15 is 0 Å². The fraction of sp³-hybridized carbons (Fsp3) is 0.615. The molecule has 0 spiro atoms. The zero-order valence-corrected chi connectivity index (χ0v) is 12.1. The Bertz CT molecular complexity index is 417. The number of aromatic nitrogens is 1. The minimum Gasteiger partial charge on any atom is -0.396 e. The third-order valence-electron chi connectivity index (χ3n) is 4.05. The summed E-state index contributed by atoms with van der Waals surface area (Å²) in [6.07, 6.45) is 7.62. The number of halogens is 1. The smallest absolute Gasteiger partial charge is 0.0777 e. The molecular weight excluding hydrogens is 292 g/mol. The number of pyridine rings is 1. The number of anilines is 2. The number of nitrogen functional groups attached to an aromatic ring is 1. The molecule has 2 N–H and O–H groups in total. The minimum atomic E-state index is 0.701. The van der Waals surface area contributed by atoms with E-state index in [1.807, 2.05) is 6.20 Å². The quantitative estimate of drug-likeness (QED) is 0.863. The Balaban J connectivity index is 1.81. The van der Waals surface area contributed by atoms with Gasteiger partial charge in [0, 0.05) is 31.9 Å². The van der Waals surface area contributed by atoms with E-state index in [9.17, 15) is 0 Å². The molecule has 1 unspecified atom stereocenters. The summed E-state index contributed by atoms with van der Waals surface area (Å²) in [7, 11) is 0. The predicted molar refractivity (Wildman–Crippen MR) is 77.8 cm³/mol. The van der Waals surface area contributed by atoms with Crippen LogP contribution in [0.2, 0.25) is 0 Å². The molecule has 2 fully saturated rings. The van der Waals surface area contributed by atoms with Crippen molar-refractivity contribution in [3.8, 4) is 0 Å². The first kappa shape index (κ1) is 12.2. The first-order chi connectivity index (χ1) is 8.75. The van der Waals surface area contributed by atoms with Crippen LogP contribution in [-0.2, 0) is 0 Å². The first-order valence-corrected chi connectivity index (χ1v) is 7.43. The second-order valence-corrected chi connectivity index (χ2v) is 6.05. The Morgan fingerprint density at radius 1 is 1.22 bits per heavy atom. The average molecular weight is 311 g/mol. The van der Waals surface area contributed by atoms with Crippen LogP contribution in [0.3, 0.4) is 0 Å². The van der Waals surface area contributed by atoms with Crippen molar-refractivity contribution in [1.29, 1.82) is 0 Å². The summed E-state index contributed by atoms with van der Waals surface area (Å²) < 4.78 is 1.01. The van der Waals surface area contributed by atoms with Crippen molar-refractivity contribution >= 4 is 27.3 Å². The summed E-state index contributed by atoms with van der Waals surface area (Å²) in [5.41, 5.74) is 7.96. The molecule has 98 valence electrons. The van der Waals surface area contributed by atoms with Gasteiger partial charge in [-0.3, -0.25) is 9.88 Å². The summed E-state index contributed by atoms with van der Waals surface area (Å²) >= 11 is 3.57. The second-order valence-electron chi connectivity index (χ2n) is 5.19. The maximum atomic E-state index is 6.07. The zero-order valence-electron chi connectivity index (χ0n) is 10.5. The molecule has 0 aliphatic carbocycles. The lowest BCUT2D eigenvalue weighted by atomic mass is 9.99. The third kappa shape index (κ3) is 2.21. The highest BCUT2D eigenvalue weighted by molar-refractivity contribution is 9.10. The van der Waals surface area contributed by atoms with Gasteiger partial charge in [-0.05, 0) is 35.3 Å². The topological polar surface area (TPSA) is 45.4 Å². The summed E-state index contributed by atoms with van der Waals surface area (Å²) in [5, 5.41) is 0. The van der Waals surface area contributed by atoms with Gasteiger partial charge in [-0.1, -0.05) is 6.42 Å². The van der Waals surface area contributed by atoms with E-state index in [4.69, 9.17) is 5.73 Å². The summed E-state index contributed by atoms with van der Waals surface area (Å²) in [6.45, 7) is 4.57. The van der Waals surface area contributed by atoms with E-state index in [1.165, 1.54) is 25.8 Å². The van der Waals surface area contributed by atoms with Gasteiger partial charge >= 0.3 is 0 Å². The number of fused-ring (bicyclic) bond motifs is 1. The molecule has 0 radical (unpaired) electrons. The Labute approximate surface area is 116 Å². The zero-order chi connectivity index (χ0) is 12.5. The van der Waals surface area contributed by atoms with Crippen LogP contribution in [0.5, 0.6) is 0 Å². The van der Waals surface area contributed by atoms with Gasteiger partial charge in [0.15, 0.2) is 0 Å². The normalized spacial score (nSPS) is 24.9. The molecule has 18 heavy (non-hydrogen) atoms. The molecule has 2 aliphatic heterocycles. The fourth-order valence-corrected chi connectivity index (χ4v) is 3.73. The number of piperazine rings is 1. The maximum absolute atomic E-state index is 6.07. The Morgan fingerprint density at radius 3 is 2.94 bits per heavy atom. The number of hydrogen-bond acceptors (Lipinski definition) is 4. The lowest BCUT2D eigenvalue weighted by Crippen LogP contribution is -2.55. The molecule has 0 bridgehead atoms. The van der Waals surface area contributed by atoms with Gasteiger partial charge < -0.3 is 10.6 Å². The molecule has 1 aromatic rings. The van der Waals surface area contributed by atoms with Gasteiger partial charge in [-0.15, -0.1) is 0 Å². The molecule has 1 aromatic heterocycles. The van der Waals surface area contributed by atoms with E-state index in [0.717, 1.165) is 35.5 Å². The van der Waals surface area contributed by atoms with Crippen molar-refractivity contribution in [3.63, 3.8) is 0 Å². The minimum absolute atomic E-state index is 0.701. The van der Waals surface area contributed by atoms with E-state index in [-0.39, 0.29) is 0 Å². The summed E-state index contributed by atoms with van der Waals surface area (Å²) in [6, 6.07) is 0.701. The number of piperidine rings is 1. The van der Waals surface area contributed by atoms with Gasteiger partial charge in [0.1, 0.15) is 0 Å². The van der Waals surface area contributed by atoms with Crippen LogP contribution in [0.4, 0.5) is 11.4 Å². The third-order valence-corrected chi connectivity index (χ3v) is 4.64. The summed E-state index contributed by atoms with van der Waals surface area (Å²) in [5.74, 6) is 0. The molecule has 1 atom stereocenters. The van der Waals surface area contributed by atoms with Crippen LogP contribution < -0.4 is 10.6 Å². The fourth-order valence-electron chi connectivity index (χ4n) is 3.14. The van der Waals surface area contributed by atoms with Crippen molar-refractivity contribution in [2.75, 3.05) is 36.8 Å². The van der Waals surface area contributed by atoms with Gasteiger partial charge in [0.05, 0.1) is 22.0 Å². The predicted octanol–water partition coefficient (Wildman–Crippen LogP) is 2.10. The average Bonchev–Trinajstić information content (AvgIpc) is 2.38. The highest BCUT2D eigenvalue weighted by Gasteiger charge is 2.30. The van der Waals surface area contributed by atoms with Crippen LogP contribution >= 0.6 is 15.9 Å². The molecule has 0 aromatic carbocycles. The Hall–Kier alpha value is -0.810. The van der Waals surface area contributed by atoms with E-state index in [1.54, 1.807) is 6.20 Å². The molecule has 3 heterocycles. The lowest BCUT2D eigenvalue weighted by Gasteiger charge is -2.45. The molecule has 2 saturated heterocycles. The molecule has 4 nitrogen and oxygen atoms in total. The van der Waals surface area contributed by atoms with Gasteiger partial charge in [-0.2, -0.15) is 0 Å². The van der Waals surface area contributed by atoms with Crippen molar-refractivity contribution in [1.82, 2.24) is 9.88 Å². The van der Waals surface area contributed by atoms with E-state index in [0.29, 0.717) is 6.04 Å². The summed E-state index contributed by atoms with van der Waals surface area (Å²) in [4.78, 5) is 9.15. The molecule has 2 aliphatic rings. The Kier molecular flexibility index (Phi) is 3.43. The second kappa shape index (κ2) is 5.05. The van der Waals surface area contributed by atoms with Crippen LogP contribution in [0.15, 0.2) is 16.9 Å². The van der Waals surface area contributed by atoms with E-state index < -0.39 is 0 Å². The van der Waals surface area contributed by atoms with Crippen molar-refractivity contribution in [2.45, 2.75) is 25.3 Å². The van der Waals surface area contributed by atoms with E-state index in [2.05, 4.69) is 30.7 Å². The highest BCUT2D eigenvalue weighted by atomic mass is 79.9. The highest BCUT2D eigenvalue weighted by Crippen LogP contribution is 2.33. The number of nitrogens with zero attached hydrogens (tertiary/aromatic N) is 3. The number of hydrogen-bond donors (Lipinski definition) is 1. The van der Waals surface area contributed by atoms with Crippen LogP contribution in [0, 0.1) is 0 Å². The molecule has 0 amide bonds. The van der Waals surface area contributed by atoms with Crippen LogP contribution in [0.25, 0.3) is 0 Å². The van der Waals surface area contributed by atoms with Crippen molar-refractivity contribution in [2.24, 2.45) is 0 Å². The SMILES string of the molecule is Nc1cncc(Br)c1N1CCN2CCCCC2C1. The molecule has 5 heteroatoms. The Morgan fingerprint density at radius 2 is 2.11 bits per heavy atom. The standard InChI is InChI=1S/C13H19BrN4/c14-11-7-16-8-12(15)13(11)18-6-5-17-4-2-1-3-10(17)9-18/h7-8,10H,1-6,9,15H2. The van der Waals surface area contributed by atoms with Gasteiger partial charge in [0.2, 0.25) is 0 Å². The number of rotatable bonds is 1. The lowest BCUT2D eigenvalue weighted by molar-refractivity contribution is 0.133. The first-order valence-electron chi connectivity index (χ1n) is 6.63. The largest absolute Gasteiger partial charge is 0.396 e. The van der Waals surface area contributed by atoms with Crippen LogP contribution in [0.1, 0.15) is 19.3 Å². The van der Waals surface area contributed by atoms with Crippen molar-refractivity contribution < 1.29 is 0 Å².